The van der Waals surface area contributed by atoms with Gasteiger partial charge >= 0.3 is 0 Å². The Balaban J connectivity index is 1.43. The lowest BCUT2D eigenvalue weighted by Gasteiger charge is -2.23. The van der Waals surface area contributed by atoms with E-state index in [1.807, 2.05) is 0 Å². The lowest BCUT2D eigenvalue weighted by molar-refractivity contribution is 1.23. The number of aromatic nitrogens is 1. The average molecular weight is 501 g/mol. The van der Waals surface area contributed by atoms with Gasteiger partial charge in [-0.05, 0) is 70.3 Å². The van der Waals surface area contributed by atoms with Crippen molar-refractivity contribution in [2.45, 2.75) is 20.3 Å². The van der Waals surface area contributed by atoms with E-state index in [9.17, 15) is 0 Å². The molecular weight excluding hydrogens is 472 g/mol. The van der Waals surface area contributed by atoms with Gasteiger partial charge < -0.3 is 10.3 Å². The van der Waals surface area contributed by atoms with Crippen LogP contribution in [0.2, 0.25) is 0 Å². The molecule has 0 saturated carbocycles. The number of fused-ring (bicyclic) bond motifs is 7. The first-order valence-corrected chi connectivity index (χ1v) is 13.7. The van der Waals surface area contributed by atoms with Crippen LogP contribution in [0.4, 0.5) is 11.4 Å². The summed E-state index contributed by atoms with van der Waals surface area (Å²) in [4.78, 5) is 3.77. The number of hydrogen-bond acceptors (Lipinski definition) is 1. The molecule has 0 radical (unpaired) electrons. The third kappa shape index (κ3) is 3.21. The molecule has 0 bridgehead atoms. The third-order valence-corrected chi connectivity index (χ3v) is 8.68. The Labute approximate surface area is 227 Å². The molecule has 39 heavy (non-hydrogen) atoms. The van der Waals surface area contributed by atoms with E-state index < -0.39 is 0 Å². The van der Waals surface area contributed by atoms with Crippen molar-refractivity contribution in [3.63, 3.8) is 0 Å². The zero-order chi connectivity index (χ0) is 26.1. The number of benzene rings is 6. The van der Waals surface area contributed by atoms with Gasteiger partial charge in [0.15, 0.2) is 0 Å². The minimum atomic E-state index is 0.926. The molecule has 7 aromatic rings. The highest BCUT2D eigenvalue weighted by Gasteiger charge is 2.29. The first-order chi connectivity index (χ1) is 19.2. The Bertz CT molecular complexity index is 2090. The summed E-state index contributed by atoms with van der Waals surface area (Å²) in [5.74, 6) is 0. The van der Waals surface area contributed by atoms with E-state index in [0.717, 1.165) is 12.1 Å². The molecule has 1 heterocycles. The van der Waals surface area contributed by atoms with Crippen LogP contribution in [0.1, 0.15) is 22.3 Å². The molecule has 2 heteroatoms. The first-order valence-electron chi connectivity index (χ1n) is 13.7. The molecule has 0 aliphatic heterocycles. The highest BCUT2D eigenvalue weighted by atomic mass is 14.9. The normalized spacial score (nSPS) is 12.3. The fraction of sp³-hybridized carbons (Fsp3) is 0.0811. The van der Waals surface area contributed by atoms with Gasteiger partial charge in [-0.25, -0.2) is 0 Å². The Morgan fingerprint density at radius 2 is 1.28 bits per heavy atom. The maximum atomic E-state index is 3.92. The topological polar surface area (TPSA) is 27.8 Å². The summed E-state index contributed by atoms with van der Waals surface area (Å²) < 4.78 is 0. The van der Waals surface area contributed by atoms with Gasteiger partial charge in [-0.2, -0.15) is 0 Å². The average Bonchev–Trinajstić information content (AvgIpc) is 3.55. The SMILES string of the molecule is Cc1c(C)c(-c2cccc3c2[nH]c2ccccc23)c2c(c1Nc1cccc3ccccc13)Cc1ccccc1-2. The molecule has 1 aliphatic carbocycles. The van der Waals surface area contributed by atoms with E-state index in [-0.39, 0.29) is 0 Å². The number of hydrogen-bond donors (Lipinski definition) is 2. The van der Waals surface area contributed by atoms with Crippen molar-refractivity contribution in [1.82, 2.24) is 4.98 Å². The molecule has 2 nitrogen and oxygen atoms in total. The van der Waals surface area contributed by atoms with E-state index >= 15 is 0 Å². The summed E-state index contributed by atoms with van der Waals surface area (Å²) in [6.45, 7) is 4.57. The van der Waals surface area contributed by atoms with Gasteiger partial charge in [-0.15, -0.1) is 0 Å². The monoisotopic (exact) mass is 500 g/mol. The van der Waals surface area contributed by atoms with Crippen LogP contribution in [0.3, 0.4) is 0 Å². The smallest absolute Gasteiger partial charge is 0.0544 e. The van der Waals surface area contributed by atoms with Crippen LogP contribution >= 0.6 is 0 Å². The summed E-state index contributed by atoms with van der Waals surface area (Å²) in [5, 5.41) is 8.96. The molecule has 0 spiro atoms. The number of nitrogens with one attached hydrogen (secondary N) is 2. The Hall–Kier alpha value is -4.82. The van der Waals surface area contributed by atoms with Crippen molar-refractivity contribution in [2.75, 3.05) is 5.32 Å². The van der Waals surface area contributed by atoms with Gasteiger partial charge in [0.05, 0.1) is 5.52 Å². The Morgan fingerprint density at radius 3 is 2.21 bits per heavy atom. The van der Waals surface area contributed by atoms with Crippen LogP contribution < -0.4 is 5.32 Å². The van der Waals surface area contributed by atoms with E-state index in [1.165, 1.54) is 82.8 Å². The number of rotatable bonds is 3. The molecule has 2 N–H and O–H groups in total. The number of anilines is 2. The molecule has 1 aliphatic rings. The maximum absolute atomic E-state index is 3.92. The highest BCUT2D eigenvalue weighted by Crippen LogP contribution is 2.51. The van der Waals surface area contributed by atoms with Gasteiger partial charge in [0.1, 0.15) is 0 Å². The Kier molecular flexibility index (Phi) is 4.75. The summed E-state index contributed by atoms with van der Waals surface area (Å²) in [7, 11) is 0. The largest absolute Gasteiger partial charge is 0.355 e. The molecular formula is C37H28N2. The van der Waals surface area contributed by atoms with Gasteiger partial charge in [-0.1, -0.05) is 97.1 Å². The summed E-state index contributed by atoms with van der Waals surface area (Å²) in [6.07, 6.45) is 0.926. The predicted octanol–water partition coefficient (Wildman–Crippen LogP) is 10.1. The number of para-hydroxylation sites is 2. The van der Waals surface area contributed by atoms with Gasteiger partial charge in [0, 0.05) is 45.0 Å². The summed E-state index contributed by atoms with van der Waals surface area (Å²) in [5.41, 5.74) is 15.5. The third-order valence-electron chi connectivity index (χ3n) is 8.68. The van der Waals surface area contributed by atoms with Gasteiger partial charge in [0.25, 0.3) is 0 Å². The molecule has 0 atom stereocenters. The molecule has 8 rings (SSSR count). The second-order valence-electron chi connectivity index (χ2n) is 10.7. The molecule has 0 saturated heterocycles. The minimum absolute atomic E-state index is 0.926. The number of H-pyrrole nitrogens is 1. The fourth-order valence-corrected chi connectivity index (χ4v) is 6.70. The van der Waals surface area contributed by atoms with Crippen molar-refractivity contribution >= 4 is 44.0 Å². The fourth-order valence-electron chi connectivity index (χ4n) is 6.70. The molecule has 186 valence electrons. The molecule has 6 aromatic carbocycles. The summed E-state index contributed by atoms with van der Waals surface area (Å²) in [6, 6.07) is 39.4. The second kappa shape index (κ2) is 8.34. The van der Waals surface area contributed by atoms with Crippen molar-refractivity contribution in [3.8, 4) is 22.3 Å². The zero-order valence-electron chi connectivity index (χ0n) is 22.1. The summed E-state index contributed by atoms with van der Waals surface area (Å²) >= 11 is 0. The van der Waals surface area contributed by atoms with Crippen LogP contribution in [-0.2, 0) is 6.42 Å². The Morgan fingerprint density at radius 1 is 0.590 bits per heavy atom. The zero-order valence-corrected chi connectivity index (χ0v) is 22.1. The maximum Gasteiger partial charge on any atom is 0.0544 e. The number of aromatic amines is 1. The van der Waals surface area contributed by atoms with Crippen LogP contribution in [0, 0.1) is 13.8 Å². The lowest BCUT2D eigenvalue weighted by atomic mass is 9.85. The van der Waals surface area contributed by atoms with Crippen molar-refractivity contribution in [3.05, 3.63) is 131 Å². The van der Waals surface area contributed by atoms with Gasteiger partial charge in [0.2, 0.25) is 0 Å². The van der Waals surface area contributed by atoms with Crippen LogP contribution in [0.5, 0.6) is 0 Å². The van der Waals surface area contributed by atoms with Gasteiger partial charge in [-0.3, -0.25) is 0 Å². The van der Waals surface area contributed by atoms with Crippen LogP contribution in [-0.4, -0.2) is 4.98 Å². The van der Waals surface area contributed by atoms with E-state index in [0.29, 0.717) is 0 Å². The van der Waals surface area contributed by atoms with Crippen molar-refractivity contribution < 1.29 is 0 Å². The predicted molar refractivity (Wildman–Crippen MR) is 166 cm³/mol. The highest BCUT2D eigenvalue weighted by molar-refractivity contribution is 6.14. The van der Waals surface area contributed by atoms with Crippen LogP contribution in [0.15, 0.2) is 109 Å². The van der Waals surface area contributed by atoms with Crippen LogP contribution in [0.25, 0.3) is 54.8 Å². The first kappa shape index (κ1) is 22.2. The van der Waals surface area contributed by atoms with E-state index in [4.69, 9.17) is 0 Å². The van der Waals surface area contributed by atoms with E-state index in [2.05, 4.69) is 133 Å². The molecule has 0 amide bonds. The van der Waals surface area contributed by atoms with E-state index in [1.54, 1.807) is 0 Å². The molecule has 0 fully saturated rings. The quantitative estimate of drug-likeness (QED) is 0.248. The molecule has 0 unspecified atom stereocenters. The molecule has 1 aromatic heterocycles. The standard InChI is InChI=1S/C37H28N2/c1-22-23(2)36(38-32-20-9-13-24-11-3-5-14-26(24)32)31-21-25-12-4-6-15-27(25)35(31)34(22)30-18-10-17-29-28-16-7-8-19-33(28)39-37(29)30/h3-20,38-39H,21H2,1-2H3. The second-order valence-corrected chi connectivity index (χ2v) is 10.7. The lowest BCUT2D eigenvalue weighted by Crippen LogP contribution is -2.03. The van der Waals surface area contributed by atoms with Crippen molar-refractivity contribution in [1.29, 1.82) is 0 Å². The van der Waals surface area contributed by atoms with Crippen molar-refractivity contribution in [2.24, 2.45) is 0 Å². The minimum Gasteiger partial charge on any atom is -0.355 e.